The maximum absolute atomic E-state index is 10.2. The summed E-state index contributed by atoms with van der Waals surface area (Å²) in [5, 5.41) is 3.34. The lowest BCUT2D eigenvalue weighted by atomic mass is 9.92. The largest absolute Gasteiger partial charge is 0.449 e. The van der Waals surface area contributed by atoms with Crippen molar-refractivity contribution < 1.29 is 14.3 Å². The molecule has 1 N–H and O–H groups in total. The summed E-state index contributed by atoms with van der Waals surface area (Å²) in [5.74, 6) is 0.770. The Balaban J connectivity index is 0.000000231. The fraction of sp³-hybridized carbons (Fsp3) is 0.529. The Labute approximate surface area is 151 Å². The van der Waals surface area contributed by atoms with Crippen molar-refractivity contribution in [2.45, 2.75) is 37.1 Å². The third-order valence-corrected chi connectivity index (χ3v) is 4.97. The molecule has 1 aliphatic rings. The molecule has 0 aliphatic carbocycles. The highest BCUT2D eigenvalue weighted by Crippen LogP contribution is 2.25. The molecule has 0 radical (unpaired) electrons. The first-order valence-electron chi connectivity index (χ1n) is 7.78. The van der Waals surface area contributed by atoms with Crippen LogP contribution in [0.4, 0.5) is 4.79 Å². The number of ether oxygens (including phenoxy) is 1. The molecule has 1 saturated heterocycles. The Morgan fingerprint density at radius 2 is 2.00 bits per heavy atom. The van der Waals surface area contributed by atoms with Gasteiger partial charge in [0.1, 0.15) is 12.9 Å². The number of hydrogen-bond donors (Lipinski definition) is 1. The van der Waals surface area contributed by atoms with E-state index in [0.717, 1.165) is 37.3 Å². The second-order valence-electron chi connectivity index (χ2n) is 5.36. The molecular weight excluding hydrogens is 382 g/mol. The molecule has 1 unspecified atom stereocenters. The summed E-state index contributed by atoms with van der Waals surface area (Å²) in [5.41, 5.74) is 0.162. The molecular formula is C17H23BrClNO3. The zero-order valence-corrected chi connectivity index (χ0v) is 15.4. The van der Waals surface area contributed by atoms with Gasteiger partial charge < -0.3 is 14.8 Å². The standard InChI is InChI=1S/C9H16BrNO.C8H7ClO2/c10-9(2-1-7-12)8-3-5-11-6-4-8;9-8(10)11-6-7-4-2-1-3-5-7/h7-9,11H,1-6H2;1-5H,6H2. The van der Waals surface area contributed by atoms with Crippen molar-refractivity contribution in [1.29, 1.82) is 0 Å². The zero-order chi connectivity index (χ0) is 16.9. The van der Waals surface area contributed by atoms with Gasteiger partial charge in [0.15, 0.2) is 0 Å². The minimum Gasteiger partial charge on any atom is -0.449 e. The minimum atomic E-state index is -0.770. The lowest BCUT2D eigenvalue weighted by molar-refractivity contribution is -0.107. The third kappa shape index (κ3) is 9.74. The van der Waals surface area contributed by atoms with Crippen molar-refractivity contribution in [3.05, 3.63) is 35.9 Å². The van der Waals surface area contributed by atoms with Gasteiger partial charge in [-0.25, -0.2) is 4.79 Å². The van der Waals surface area contributed by atoms with Crippen molar-refractivity contribution in [2.24, 2.45) is 5.92 Å². The summed E-state index contributed by atoms with van der Waals surface area (Å²) in [6, 6.07) is 9.36. The molecule has 128 valence electrons. The summed E-state index contributed by atoms with van der Waals surface area (Å²) in [7, 11) is 0. The summed E-state index contributed by atoms with van der Waals surface area (Å²) < 4.78 is 4.55. The van der Waals surface area contributed by atoms with Gasteiger partial charge in [-0.15, -0.1) is 0 Å². The number of nitrogens with one attached hydrogen (secondary N) is 1. The molecule has 0 bridgehead atoms. The van der Waals surface area contributed by atoms with Gasteiger partial charge in [0, 0.05) is 22.8 Å². The molecule has 1 aliphatic heterocycles. The van der Waals surface area contributed by atoms with Crippen LogP contribution in [-0.4, -0.2) is 29.6 Å². The Morgan fingerprint density at radius 3 is 2.57 bits per heavy atom. The van der Waals surface area contributed by atoms with Crippen LogP contribution in [0.2, 0.25) is 0 Å². The molecule has 0 amide bonds. The molecule has 0 spiro atoms. The van der Waals surface area contributed by atoms with Crippen molar-refractivity contribution in [2.75, 3.05) is 13.1 Å². The van der Waals surface area contributed by atoms with Crippen LogP contribution in [0.1, 0.15) is 31.2 Å². The maximum atomic E-state index is 10.2. The number of benzene rings is 1. The van der Waals surface area contributed by atoms with E-state index in [1.54, 1.807) is 0 Å². The molecule has 23 heavy (non-hydrogen) atoms. The lowest BCUT2D eigenvalue weighted by Crippen LogP contribution is -2.31. The maximum Gasteiger partial charge on any atom is 0.404 e. The Hall–Kier alpha value is -0.910. The van der Waals surface area contributed by atoms with E-state index in [1.165, 1.54) is 12.8 Å². The molecule has 6 heteroatoms. The number of hydrogen-bond acceptors (Lipinski definition) is 4. The molecule has 0 aromatic heterocycles. The summed E-state index contributed by atoms with van der Waals surface area (Å²) >= 11 is 8.62. The van der Waals surface area contributed by atoms with Crippen molar-refractivity contribution in [1.82, 2.24) is 5.32 Å². The van der Waals surface area contributed by atoms with E-state index in [4.69, 9.17) is 11.6 Å². The van der Waals surface area contributed by atoms with Crippen LogP contribution < -0.4 is 5.32 Å². The van der Waals surface area contributed by atoms with E-state index < -0.39 is 5.43 Å². The first-order valence-corrected chi connectivity index (χ1v) is 9.07. The molecule has 0 saturated carbocycles. The van der Waals surface area contributed by atoms with Crippen LogP contribution in [0.3, 0.4) is 0 Å². The van der Waals surface area contributed by atoms with Crippen LogP contribution in [0, 0.1) is 5.92 Å². The quantitative estimate of drug-likeness (QED) is 0.436. The third-order valence-electron chi connectivity index (χ3n) is 3.65. The van der Waals surface area contributed by atoms with Gasteiger partial charge in [0.2, 0.25) is 0 Å². The number of halogens is 2. The van der Waals surface area contributed by atoms with Gasteiger partial charge in [-0.3, -0.25) is 0 Å². The van der Waals surface area contributed by atoms with Crippen LogP contribution in [0.5, 0.6) is 0 Å². The fourth-order valence-corrected chi connectivity index (χ4v) is 3.23. The van der Waals surface area contributed by atoms with E-state index in [9.17, 15) is 9.59 Å². The predicted octanol–water partition coefficient (Wildman–Crippen LogP) is 4.29. The van der Waals surface area contributed by atoms with Crippen LogP contribution in [0.15, 0.2) is 30.3 Å². The van der Waals surface area contributed by atoms with Gasteiger partial charge in [0.05, 0.1) is 0 Å². The molecule has 2 rings (SSSR count). The molecule has 1 heterocycles. The Bertz CT molecular complexity index is 452. The Kier molecular flexibility index (Phi) is 10.9. The van der Waals surface area contributed by atoms with Crippen molar-refractivity contribution in [3.8, 4) is 0 Å². The number of carbonyl (C=O) groups excluding carboxylic acids is 2. The first kappa shape index (κ1) is 20.1. The van der Waals surface area contributed by atoms with Crippen LogP contribution in [-0.2, 0) is 16.1 Å². The predicted molar refractivity (Wildman–Crippen MR) is 96.1 cm³/mol. The van der Waals surface area contributed by atoms with E-state index in [1.807, 2.05) is 30.3 Å². The molecule has 4 nitrogen and oxygen atoms in total. The number of piperidine rings is 1. The molecule has 1 atom stereocenters. The first-order chi connectivity index (χ1) is 11.1. The smallest absolute Gasteiger partial charge is 0.404 e. The second kappa shape index (κ2) is 12.5. The second-order valence-corrected chi connectivity index (χ2v) is 6.84. The monoisotopic (exact) mass is 403 g/mol. The summed E-state index contributed by atoms with van der Waals surface area (Å²) in [6.07, 6.45) is 5.19. The van der Waals surface area contributed by atoms with E-state index in [2.05, 4.69) is 26.0 Å². The van der Waals surface area contributed by atoms with Gasteiger partial charge in [-0.2, -0.15) is 0 Å². The van der Waals surface area contributed by atoms with Crippen LogP contribution >= 0.6 is 27.5 Å². The number of aldehydes is 1. The van der Waals surface area contributed by atoms with Crippen molar-refractivity contribution >= 4 is 39.2 Å². The zero-order valence-electron chi connectivity index (χ0n) is 13.0. The SMILES string of the molecule is O=C(Cl)OCc1ccccc1.O=CCCC(Br)C1CCNCC1. The lowest BCUT2D eigenvalue weighted by Gasteiger charge is -2.26. The van der Waals surface area contributed by atoms with Gasteiger partial charge in [-0.1, -0.05) is 46.3 Å². The highest BCUT2D eigenvalue weighted by Gasteiger charge is 2.20. The van der Waals surface area contributed by atoms with Gasteiger partial charge >= 0.3 is 5.43 Å². The van der Waals surface area contributed by atoms with Gasteiger partial charge in [-0.05, 0) is 43.8 Å². The van der Waals surface area contributed by atoms with E-state index >= 15 is 0 Å². The highest BCUT2D eigenvalue weighted by atomic mass is 79.9. The molecule has 1 aromatic carbocycles. The topological polar surface area (TPSA) is 55.4 Å². The van der Waals surface area contributed by atoms with Gasteiger partial charge in [0.25, 0.3) is 0 Å². The van der Waals surface area contributed by atoms with Crippen molar-refractivity contribution in [3.63, 3.8) is 0 Å². The van der Waals surface area contributed by atoms with Crippen LogP contribution in [0.25, 0.3) is 0 Å². The normalized spacial score (nSPS) is 15.9. The summed E-state index contributed by atoms with van der Waals surface area (Å²) in [6.45, 7) is 2.50. The van der Waals surface area contributed by atoms with E-state index in [0.29, 0.717) is 11.2 Å². The number of rotatable bonds is 6. The molecule has 1 fully saturated rings. The number of alkyl halides is 1. The fourth-order valence-electron chi connectivity index (χ4n) is 2.38. The molecule has 1 aromatic rings. The summed E-state index contributed by atoms with van der Waals surface area (Å²) in [4.78, 5) is 20.9. The minimum absolute atomic E-state index is 0.239. The number of carbonyl (C=O) groups is 2. The average molecular weight is 405 g/mol. The average Bonchev–Trinajstić information content (AvgIpc) is 2.60. The van der Waals surface area contributed by atoms with E-state index in [-0.39, 0.29) is 6.61 Å². The highest BCUT2D eigenvalue weighted by molar-refractivity contribution is 9.09. The Morgan fingerprint density at radius 1 is 1.35 bits per heavy atom.